The lowest BCUT2D eigenvalue weighted by Crippen LogP contribution is -2.30. The number of rotatable bonds is 5. The van der Waals surface area contributed by atoms with Gasteiger partial charge in [0.05, 0.1) is 5.60 Å². The molecule has 0 amide bonds. The summed E-state index contributed by atoms with van der Waals surface area (Å²) in [6, 6.07) is -0.799. The van der Waals surface area contributed by atoms with Crippen LogP contribution in [-0.2, 0) is 4.79 Å². The van der Waals surface area contributed by atoms with Crippen molar-refractivity contribution in [1.29, 1.82) is 0 Å². The summed E-state index contributed by atoms with van der Waals surface area (Å²) in [6.07, 6.45) is 1.63. The molecule has 1 atom stereocenters. The molecule has 4 nitrogen and oxygen atoms in total. The molecule has 0 unspecified atom stereocenters. The van der Waals surface area contributed by atoms with Gasteiger partial charge in [-0.1, -0.05) is 0 Å². The highest BCUT2D eigenvalue weighted by Gasteiger charge is 2.15. The second-order valence-electron chi connectivity index (χ2n) is 3.65. The SMILES string of the molecule is CC(C)(O)CCC[C@H](N)C(=O)O. The molecule has 0 aliphatic carbocycles. The normalized spacial score (nSPS) is 14.3. The van der Waals surface area contributed by atoms with Gasteiger partial charge in [0.25, 0.3) is 0 Å². The molecule has 0 aromatic carbocycles. The van der Waals surface area contributed by atoms with E-state index in [0.29, 0.717) is 19.3 Å². The maximum Gasteiger partial charge on any atom is 0.320 e. The molecular weight excluding hydrogens is 158 g/mol. The Morgan fingerprint density at radius 1 is 1.58 bits per heavy atom. The molecule has 0 fully saturated rings. The van der Waals surface area contributed by atoms with Crippen LogP contribution in [0.4, 0.5) is 0 Å². The minimum absolute atomic E-state index is 0.416. The van der Waals surface area contributed by atoms with Gasteiger partial charge in [0.2, 0.25) is 0 Å². The van der Waals surface area contributed by atoms with Crippen LogP contribution < -0.4 is 5.73 Å². The lowest BCUT2D eigenvalue weighted by atomic mass is 10.00. The first-order valence-electron chi connectivity index (χ1n) is 4.04. The molecule has 0 rings (SSSR count). The molecule has 0 spiro atoms. The minimum atomic E-state index is -0.981. The third-order valence-electron chi connectivity index (χ3n) is 1.62. The van der Waals surface area contributed by atoms with Crippen LogP contribution in [0.2, 0.25) is 0 Å². The van der Waals surface area contributed by atoms with E-state index in [1.807, 2.05) is 0 Å². The van der Waals surface area contributed by atoms with Gasteiger partial charge in [0.1, 0.15) is 6.04 Å². The van der Waals surface area contributed by atoms with E-state index in [9.17, 15) is 9.90 Å². The van der Waals surface area contributed by atoms with Gasteiger partial charge in [-0.05, 0) is 33.1 Å². The topological polar surface area (TPSA) is 83.5 Å². The van der Waals surface area contributed by atoms with Crippen LogP contribution in [0.15, 0.2) is 0 Å². The van der Waals surface area contributed by atoms with Crippen molar-refractivity contribution < 1.29 is 15.0 Å². The number of carboxylic acids is 1. The molecule has 0 heterocycles. The number of aliphatic hydroxyl groups is 1. The molecule has 0 saturated carbocycles. The van der Waals surface area contributed by atoms with Gasteiger partial charge in [-0.15, -0.1) is 0 Å². The van der Waals surface area contributed by atoms with Crippen molar-refractivity contribution in [2.75, 3.05) is 0 Å². The smallest absolute Gasteiger partial charge is 0.320 e. The summed E-state index contributed by atoms with van der Waals surface area (Å²) >= 11 is 0. The number of aliphatic carboxylic acids is 1. The molecule has 72 valence electrons. The molecule has 0 bridgehead atoms. The summed E-state index contributed by atoms with van der Waals surface area (Å²) in [6.45, 7) is 3.39. The molecular formula is C8H17NO3. The van der Waals surface area contributed by atoms with Crippen LogP contribution in [0.3, 0.4) is 0 Å². The predicted octanol–water partition coefficient (Wildman–Crippen LogP) is 0.339. The fraction of sp³-hybridized carbons (Fsp3) is 0.875. The van der Waals surface area contributed by atoms with Crippen LogP contribution in [-0.4, -0.2) is 27.8 Å². The Bertz CT molecular complexity index is 151. The van der Waals surface area contributed by atoms with E-state index in [-0.39, 0.29) is 0 Å². The Kier molecular flexibility index (Phi) is 4.20. The zero-order chi connectivity index (χ0) is 9.78. The molecule has 4 heteroatoms. The Morgan fingerprint density at radius 3 is 2.42 bits per heavy atom. The summed E-state index contributed by atoms with van der Waals surface area (Å²) in [5.74, 6) is -0.981. The van der Waals surface area contributed by atoms with Crippen molar-refractivity contribution in [2.24, 2.45) is 5.73 Å². The van der Waals surface area contributed by atoms with E-state index in [1.165, 1.54) is 0 Å². The van der Waals surface area contributed by atoms with Gasteiger partial charge in [-0.2, -0.15) is 0 Å². The number of hydrogen-bond acceptors (Lipinski definition) is 3. The quantitative estimate of drug-likeness (QED) is 0.562. The minimum Gasteiger partial charge on any atom is -0.480 e. The van der Waals surface area contributed by atoms with Crippen LogP contribution >= 0.6 is 0 Å². The molecule has 0 saturated heterocycles. The summed E-state index contributed by atoms with van der Waals surface area (Å²) in [4.78, 5) is 10.3. The van der Waals surface area contributed by atoms with Gasteiger partial charge in [0, 0.05) is 0 Å². The first kappa shape index (κ1) is 11.4. The standard InChI is InChI=1S/C8H17NO3/c1-8(2,12)5-3-4-6(9)7(10)11/h6,12H,3-5,9H2,1-2H3,(H,10,11)/t6-/m0/s1. The average Bonchev–Trinajstić information content (AvgIpc) is 1.84. The summed E-state index contributed by atoms with van der Waals surface area (Å²) in [7, 11) is 0. The van der Waals surface area contributed by atoms with E-state index < -0.39 is 17.6 Å². The van der Waals surface area contributed by atoms with Gasteiger partial charge in [-0.25, -0.2) is 0 Å². The average molecular weight is 175 g/mol. The molecule has 0 aromatic rings. The predicted molar refractivity (Wildman–Crippen MR) is 45.8 cm³/mol. The first-order chi connectivity index (χ1) is 5.33. The lowest BCUT2D eigenvalue weighted by Gasteiger charge is -2.17. The van der Waals surface area contributed by atoms with Gasteiger partial charge in [-0.3, -0.25) is 4.79 Å². The fourth-order valence-electron chi connectivity index (χ4n) is 0.878. The largest absolute Gasteiger partial charge is 0.480 e. The van der Waals surface area contributed by atoms with Crippen molar-refractivity contribution in [3.05, 3.63) is 0 Å². The van der Waals surface area contributed by atoms with E-state index in [4.69, 9.17) is 10.8 Å². The Hall–Kier alpha value is -0.610. The Labute approximate surface area is 72.4 Å². The Morgan fingerprint density at radius 2 is 2.08 bits per heavy atom. The third-order valence-corrected chi connectivity index (χ3v) is 1.62. The van der Waals surface area contributed by atoms with Crippen LogP contribution in [0.5, 0.6) is 0 Å². The van der Waals surface area contributed by atoms with Crippen molar-refractivity contribution in [3.63, 3.8) is 0 Å². The molecule has 4 N–H and O–H groups in total. The molecule has 0 radical (unpaired) electrons. The van der Waals surface area contributed by atoms with E-state index in [1.54, 1.807) is 13.8 Å². The second kappa shape index (κ2) is 4.42. The van der Waals surface area contributed by atoms with E-state index in [2.05, 4.69) is 0 Å². The highest BCUT2D eigenvalue weighted by atomic mass is 16.4. The summed E-state index contributed by atoms with van der Waals surface area (Å²) in [5, 5.41) is 17.7. The number of carbonyl (C=O) groups is 1. The highest BCUT2D eigenvalue weighted by molar-refractivity contribution is 5.72. The van der Waals surface area contributed by atoms with Crippen LogP contribution in [0.1, 0.15) is 33.1 Å². The monoisotopic (exact) mass is 175 g/mol. The zero-order valence-corrected chi connectivity index (χ0v) is 7.58. The van der Waals surface area contributed by atoms with Gasteiger partial charge >= 0.3 is 5.97 Å². The fourth-order valence-corrected chi connectivity index (χ4v) is 0.878. The van der Waals surface area contributed by atoms with Crippen molar-refractivity contribution >= 4 is 5.97 Å². The maximum absolute atomic E-state index is 10.3. The number of nitrogens with two attached hydrogens (primary N) is 1. The number of hydrogen-bond donors (Lipinski definition) is 3. The van der Waals surface area contributed by atoms with Crippen molar-refractivity contribution in [2.45, 2.75) is 44.8 Å². The molecule has 0 aliphatic rings. The highest BCUT2D eigenvalue weighted by Crippen LogP contribution is 2.12. The Balaban J connectivity index is 3.51. The zero-order valence-electron chi connectivity index (χ0n) is 7.58. The molecule has 0 aromatic heterocycles. The van der Waals surface area contributed by atoms with Crippen LogP contribution in [0, 0.1) is 0 Å². The first-order valence-corrected chi connectivity index (χ1v) is 4.04. The van der Waals surface area contributed by atoms with Crippen molar-refractivity contribution in [1.82, 2.24) is 0 Å². The second-order valence-corrected chi connectivity index (χ2v) is 3.65. The van der Waals surface area contributed by atoms with Gasteiger partial charge in [0.15, 0.2) is 0 Å². The molecule has 12 heavy (non-hydrogen) atoms. The third kappa shape index (κ3) is 6.12. The molecule has 0 aliphatic heterocycles. The lowest BCUT2D eigenvalue weighted by molar-refractivity contribution is -0.138. The summed E-state index contributed by atoms with van der Waals surface area (Å²) in [5.41, 5.74) is 4.54. The van der Waals surface area contributed by atoms with Crippen molar-refractivity contribution in [3.8, 4) is 0 Å². The summed E-state index contributed by atoms with van der Waals surface area (Å²) < 4.78 is 0. The van der Waals surface area contributed by atoms with E-state index >= 15 is 0 Å². The number of carboxylic acid groups (broad SMARTS) is 1. The van der Waals surface area contributed by atoms with Gasteiger partial charge < -0.3 is 15.9 Å². The maximum atomic E-state index is 10.3. The van der Waals surface area contributed by atoms with E-state index in [0.717, 1.165) is 0 Å². The van der Waals surface area contributed by atoms with Crippen LogP contribution in [0.25, 0.3) is 0 Å².